The van der Waals surface area contributed by atoms with E-state index in [1.165, 1.54) is 16.0 Å². The first-order valence-electron chi connectivity index (χ1n) is 7.34. The summed E-state index contributed by atoms with van der Waals surface area (Å²) in [7, 11) is 1.55. The third-order valence-corrected chi connectivity index (χ3v) is 3.48. The van der Waals surface area contributed by atoms with Crippen molar-refractivity contribution in [1.29, 1.82) is 0 Å². The highest BCUT2D eigenvalue weighted by Crippen LogP contribution is 2.08. The minimum absolute atomic E-state index is 0.00251. The van der Waals surface area contributed by atoms with Gasteiger partial charge in [-0.1, -0.05) is 0 Å². The van der Waals surface area contributed by atoms with Gasteiger partial charge < -0.3 is 19.9 Å². The number of rotatable bonds is 6. The number of nitrogens with one attached hydrogen (secondary N) is 1. The van der Waals surface area contributed by atoms with E-state index in [0.717, 1.165) is 0 Å². The van der Waals surface area contributed by atoms with Crippen molar-refractivity contribution in [2.45, 2.75) is 0 Å². The van der Waals surface area contributed by atoms with E-state index in [1.54, 1.807) is 25.4 Å². The molecular formula is C15H20N4O4. The summed E-state index contributed by atoms with van der Waals surface area (Å²) in [6.07, 6.45) is 3.06. The monoisotopic (exact) mass is 320 g/mol. The third-order valence-electron chi connectivity index (χ3n) is 3.48. The van der Waals surface area contributed by atoms with Crippen molar-refractivity contribution in [3.8, 4) is 0 Å². The number of carbonyl (C=O) groups excluding carboxylic acids is 3. The minimum Gasteiger partial charge on any atom is -0.383 e. The van der Waals surface area contributed by atoms with Crippen molar-refractivity contribution in [1.82, 2.24) is 20.1 Å². The van der Waals surface area contributed by atoms with Crippen LogP contribution in [0, 0.1) is 0 Å². The van der Waals surface area contributed by atoms with Crippen LogP contribution in [0.15, 0.2) is 24.5 Å². The molecule has 0 bridgehead atoms. The van der Waals surface area contributed by atoms with Gasteiger partial charge >= 0.3 is 0 Å². The first-order valence-corrected chi connectivity index (χ1v) is 7.34. The first kappa shape index (κ1) is 16.9. The van der Waals surface area contributed by atoms with E-state index in [2.05, 4.69) is 10.3 Å². The van der Waals surface area contributed by atoms with Gasteiger partial charge in [-0.15, -0.1) is 0 Å². The summed E-state index contributed by atoms with van der Waals surface area (Å²) in [6, 6.07) is 3.34. The molecule has 1 saturated heterocycles. The second kappa shape index (κ2) is 8.23. The fraction of sp³-hybridized carbons (Fsp3) is 0.467. The summed E-state index contributed by atoms with van der Waals surface area (Å²) in [4.78, 5) is 42.9. The molecule has 3 amide bonds. The van der Waals surface area contributed by atoms with E-state index in [9.17, 15) is 14.4 Å². The summed E-state index contributed by atoms with van der Waals surface area (Å²) in [5.74, 6) is -0.700. The molecule has 1 aliphatic rings. The highest BCUT2D eigenvalue weighted by Gasteiger charge is 2.28. The standard InChI is InChI=1S/C15H20N4O4/c1-23-8-5-17-13(20)10-18-6-7-19(11-14(18)21)15(22)12-3-2-4-16-9-12/h2-4,9H,5-8,10-11H2,1H3,(H,17,20). The van der Waals surface area contributed by atoms with Gasteiger partial charge in [0.15, 0.2) is 0 Å². The molecule has 124 valence electrons. The van der Waals surface area contributed by atoms with Gasteiger partial charge in [-0.3, -0.25) is 19.4 Å². The number of amides is 3. The molecule has 1 fully saturated rings. The van der Waals surface area contributed by atoms with Crippen molar-refractivity contribution >= 4 is 17.7 Å². The zero-order valence-electron chi connectivity index (χ0n) is 13.0. The van der Waals surface area contributed by atoms with Gasteiger partial charge in [-0.25, -0.2) is 0 Å². The molecule has 0 atom stereocenters. The molecule has 0 spiro atoms. The predicted molar refractivity (Wildman–Crippen MR) is 81.6 cm³/mol. The Labute approximate surface area is 134 Å². The second-order valence-corrected chi connectivity index (χ2v) is 5.13. The summed E-state index contributed by atoms with van der Waals surface area (Å²) in [5.41, 5.74) is 0.450. The highest BCUT2D eigenvalue weighted by molar-refractivity contribution is 5.97. The Hall–Kier alpha value is -2.48. The third kappa shape index (κ3) is 4.75. The average molecular weight is 320 g/mol. The lowest BCUT2D eigenvalue weighted by molar-refractivity contribution is -0.139. The van der Waals surface area contributed by atoms with E-state index >= 15 is 0 Å². The first-order chi connectivity index (χ1) is 11.1. The van der Waals surface area contributed by atoms with Gasteiger partial charge in [0.2, 0.25) is 11.8 Å². The Morgan fingerprint density at radius 1 is 1.39 bits per heavy atom. The van der Waals surface area contributed by atoms with E-state index in [4.69, 9.17) is 4.74 Å². The van der Waals surface area contributed by atoms with Crippen LogP contribution in [-0.2, 0) is 14.3 Å². The number of ether oxygens (including phenoxy) is 1. The van der Waals surface area contributed by atoms with E-state index in [-0.39, 0.29) is 30.8 Å². The van der Waals surface area contributed by atoms with Crippen molar-refractivity contribution in [3.05, 3.63) is 30.1 Å². The Kier molecular flexibility index (Phi) is 6.04. The fourth-order valence-corrected chi connectivity index (χ4v) is 2.24. The Morgan fingerprint density at radius 2 is 2.22 bits per heavy atom. The number of hydrogen-bond acceptors (Lipinski definition) is 5. The smallest absolute Gasteiger partial charge is 0.255 e. The molecule has 23 heavy (non-hydrogen) atoms. The minimum atomic E-state index is -0.240. The lowest BCUT2D eigenvalue weighted by atomic mass is 10.2. The maximum Gasteiger partial charge on any atom is 0.255 e. The van der Waals surface area contributed by atoms with Crippen LogP contribution >= 0.6 is 0 Å². The Bertz CT molecular complexity index is 564. The van der Waals surface area contributed by atoms with Crippen LogP contribution in [0.2, 0.25) is 0 Å². The topological polar surface area (TPSA) is 91.8 Å². The van der Waals surface area contributed by atoms with Gasteiger partial charge in [-0.2, -0.15) is 0 Å². The van der Waals surface area contributed by atoms with Gasteiger partial charge in [-0.05, 0) is 12.1 Å². The highest BCUT2D eigenvalue weighted by atomic mass is 16.5. The molecule has 0 saturated carbocycles. The van der Waals surface area contributed by atoms with Crippen LogP contribution in [0.5, 0.6) is 0 Å². The van der Waals surface area contributed by atoms with Crippen LogP contribution in [0.3, 0.4) is 0 Å². The largest absolute Gasteiger partial charge is 0.383 e. The van der Waals surface area contributed by atoms with Crippen LogP contribution in [0.4, 0.5) is 0 Å². The zero-order chi connectivity index (χ0) is 16.7. The Balaban J connectivity index is 1.84. The molecule has 0 unspecified atom stereocenters. The average Bonchev–Trinajstić information content (AvgIpc) is 2.57. The summed E-state index contributed by atoms with van der Waals surface area (Å²) in [5, 5.41) is 2.66. The summed E-state index contributed by atoms with van der Waals surface area (Å²) < 4.78 is 4.84. The SMILES string of the molecule is COCCNC(=O)CN1CCN(C(=O)c2cccnc2)CC1=O. The number of nitrogens with zero attached hydrogens (tertiary/aromatic N) is 3. The van der Waals surface area contributed by atoms with Gasteiger partial charge in [0.25, 0.3) is 5.91 Å². The van der Waals surface area contributed by atoms with Crippen LogP contribution < -0.4 is 5.32 Å². The van der Waals surface area contributed by atoms with E-state index in [1.807, 2.05) is 0 Å². The normalized spacial score (nSPS) is 14.7. The summed E-state index contributed by atoms with van der Waals surface area (Å²) >= 11 is 0. The number of piperazine rings is 1. The maximum absolute atomic E-state index is 12.3. The van der Waals surface area contributed by atoms with Crippen LogP contribution in [0.1, 0.15) is 10.4 Å². The molecular weight excluding hydrogens is 300 g/mol. The molecule has 8 heteroatoms. The van der Waals surface area contributed by atoms with Gasteiger partial charge in [0.1, 0.15) is 6.54 Å². The molecule has 1 aliphatic heterocycles. The predicted octanol–water partition coefficient (Wildman–Crippen LogP) is -0.871. The zero-order valence-corrected chi connectivity index (χ0v) is 13.0. The lowest BCUT2D eigenvalue weighted by Crippen LogP contribution is -2.54. The molecule has 0 aliphatic carbocycles. The quantitative estimate of drug-likeness (QED) is 0.688. The Morgan fingerprint density at radius 3 is 2.87 bits per heavy atom. The van der Waals surface area contributed by atoms with Crippen LogP contribution in [0.25, 0.3) is 0 Å². The van der Waals surface area contributed by atoms with Gasteiger partial charge in [0, 0.05) is 39.1 Å². The van der Waals surface area contributed by atoms with E-state index < -0.39 is 0 Å². The molecule has 2 heterocycles. The lowest BCUT2D eigenvalue weighted by Gasteiger charge is -2.33. The summed E-state index contributed by atoms with van der Waals surface area (Å²) in [6.45, 7) is 1.53. The number of methoxy groups -OCH3 is 1. The molecule has 0 aromatic carbocycles. The maximum atomic E-state index is 12.3. The molecule has 2 rings (SSSR count). The molecule has 1 aromatic rings. The van der Waals surface area contributed by atoms with E-state index in [0.29, 0.717) is 31.8 Å². The number of aromatic nitrogens is 1. The molecule has 1 N–H and O–H groups in total. The number of hydrogen-bond donors (Lipinski definition) is 1. The van der Waals surface area contributed by atoms with Crippen molar-refractivity contribution in [2.24, 2.45) is 0 Å². The molecule has 1 aromatic heterocycles. The van der Waals surface area contributed by atoms with Crippen molar-refractivity contribution in [2.75, 3.05) is 46.4 Å². The number of pyridine rings is 1. The van der Waals surface area contributed by atoms with Crippen molar-refractivity contribution < 1.29 is 19.1 Å². The number of carbonyl (C=O) groups is 3. The van der Waals surface area contributed by atoms with Crippen molar-refractivity contribution in [3.63, 3.8) is 0 Å². The van der Waals surface area contributed by atoms with Gasteiger partial charge in [0.05, 0.1) is 18.7 Å². The molecule has 0 radical (unpaired) electrons. The second-order valence-electron chi connectivity index (χ2n) is 5.13. The fourth-order valence-electron chi connectivity index (χ4n) is 2.24. The molecule has 8 nitrogen and oxygen atoms in total. The van der Waals surface area contributed by atoms with Crippen LogP contribution in [-0.4, -0.2) is 78.9 Å².